The van der Waals surface area contributed by atoms with Gasteiger partial charge in [0.1, 0.15) is 29.2 Å². The van der Waals surface area contributed by atoms with Crippen LogP contribution in [-0.2, 0) is 5.41 Å². The van der Waals surface area contributed by atoms with Gasteiger partial charge in [0.05, 0.1) is 64.5 Å². The molecule has 1 spiro atoms. The van der Waals surface area contributed by atoms with Gasteiger partial charge in [0.2, 0.25) is 0 Å². The van der Waals surface area contributed by atoms with Gasteiger partial charge in [-0.1, -0.05) is 33.1 Å². The van der Waals surface area contributed by atoms with Crippen LogP contribution in [0, 0.1) is 40.6 Å². The zero-order valence-corrected chi connectivity index (χ0v) is 33.3. The summed E-state index contributed by atoms with van der Waals surface area (Å²) < 4.78 is 17.8. The van der Waals surface area contributed by atoms with Gasteiger partial charge in [-0.2, -0.15) is 10.5 Å². The second-order valence-corrected chi connectivity index (χ2v) is 19.2. The molecule has 0 aliphatic heterocycles. The first kappa shape index (κ1) is 34.8. The molecule has 0 bridgehead atoms. The number of hydrogen-bond donors (Lipinski definition) is 0. The van der Waals surface area contributed by atoms with Gasteiger partial charge in [0.25, 0.3) is 5.70 Å². The Hall–Kier alpha value is -4.24. The highest BCUT2D eigenvalue weighted by molar-refractivity contribution is 7.36. The highest BCUT2D eigenvalue weighted by Gasteiger charge is 2.49. The fraction of sp³-hybridized carbons (Fsp3) is 0.300. The summed E-state index contributed by atoms with van der Waals surface area (Å²) >= 11 is 10.7. The van der Waals surface area contributed by atoms with Crippen LogP contribution >= 0.6 is 68.0 Å². The lowest BCUT2D eigenvalue weighted by Gasteiger charge is -2.35. The predicted molar refractivity (Wildman–Crippen MR) is 220 cm³/mol. The van der Waals surface area contributed by atoms with Crippen LogP contribution in [0.3, 0.4) is 0 Å². The smallest absolute Gasteiger partial charge is 0.263 e. The van der Waals surface area contributed by atoms with E-state index in [1.165, 1.54) is 68.7 Å². The van der Waals surface area contributed by atoms with E-state index >= 15 is 0 Å². The molecule has 0 N–H and O–H groups in total. The second kappa shape index (κ2) is 14.3. The summed E-state index contributed by atoms with van der Waals surface area (Å²) in [5.41, 5.74) is 3.17. The van der Waals surface area contributed by atoms with Crippen molar-refractivity contribution in [2.45, 2.75) is 64.2 Å². The molecule has 52 heavy (non-hydrogen) atoms. The van der Waals surface area contributed by atoms with E-state index in [4.69, 9.17) is 16.0 Å². The minimum absolute atomic E-state index is 0.0226. The lowest BCUT2D eigenvalue weighted by Crippen LogP contribution is -2.27. The summed E-state index contributed by atoms with van der Waals surface area (Å²) in [5.74, 6) is 1.63. The zero-order chi connectivity index (χ0) is 36.0. The highest BCUT2D eigenvalue weighted by Crippen LogP contribution is 2.67. The molecule has 258 valence electrons. The van der Waals surface area contributed by atoms with Crippen LogP contribution < -0.4 is 9.47 Å². The first-order chi connectivity index (χ1) is 25.4. The Kier molecular flexibility index (Phi) is 9.57. The van der Waals surface area contributed by atoms with Gasteiger partial charge in [-0.3, -0.25) is 0 Å². The summed E-state index contributed by atoms with van der Waals surface area (Å²) in [4.78, 5) is 12.4. The number of rotatable bonds is 10. The van der Waals surface area contributed by atoms with Crippen molar-refractivity contribution in [3.63, 3.8) is 0 Å². The quantitative estimate of drug-likeness (QED) is 0.102. The number of allylic oxidation sites excluding steroid dienone is 2. The summed E-state index contributed by atoms with van der Waals surface area (Å²) in [6.45, 7) is 12.7. The number of hydrogen-bond acceptors (Lipinski definition) is 11. The Bertz CT molecular complexity index is 2400. The monoisotopic (exact) mass is 790 g/mol. The molecule has 0 amide bonds. The lowest BCUT2D eigenvalue weighted by molar-refractivity contribution is 0.320. The van der Waals surface area contributed by atoms with Crippen LogP contribution in [0.15, 0.2) is 35.5 Å². The van der Waals surface area contributed by atoms with Crippen LogP contribution in [0.2, 0.25) is 0 Å². The van der Waals surface area contributed by atoms with Gasteiger partial charge in [0.15, 0.2) is 0 Å². The van der Waals surface area contributed by atoms with Crippen LogP contribution in [0.4, 0.5) is 0 Å². The average Bonchev–Trinajstić information content (AvgIpc) is 4.01. The van der Waals surface area contributed by atoms with E-state index in [1.807, 2.05) is 75.7 Å². The van der Waals surface area contributed by atoms with Gasteiger partial charge in [-0.25, -0.2) is 10.1 Å². The third-order valence-electron chi connectivity index (χ3n) is 9.45. The van der Waals surface area contributed by atoms with Crippen LogP contribution in [0.1, 0.15) is 79.7 Å². The van der Waals surface area contributed by atoms with Crippen molar-refractivity contribution in [3.8, 4) is 59.0 Å². The Morgan fingerprint density at radius 3 is 1.69 bits per heavy atom. The Morgan fingerprint density at radius 1 is 0.712 bits per heavy atom. The van der Waals surface area contributed by atoms with Crippen molar-refractivity contribution in [3.05, 3.63) is 67.8 Å². The maximum absolute atomic E-state index is 9.39. The van der Waals surface area contributed by atoms with Gasteiger partial charge < -0.3 is 9.47 Å². The van der Waals surface area contributed by atoms with Crippen molar-refractivity contribution in [2.24, 2.45) is 0 Å². The number of nitrogens with zero attached hydrogens (tertiary/aromatic N) is 4. The van der Waals surface area contributed by atoms with E-state index < -0.39 is 0 Å². The Balaban J connectivity index is 1.24. The molecule has 12 heteroatoms. The molecular weight excluding hydrogens is 761 g/mol. The number of ether oxygens (including phenoxy) is 2. The third kappa shape index (κ3) is 5.80. The molecule has 0 radical (unpaired) electrons. The molecule has 6 aromatic heterocycles. The molecule has 0 aromatic carbocycles. The molecule has 1 fully saturated rings. The second-order valence-electron chi connectivity index (χ2n) is 12.8. The van der Waals surface area contributed by atoms with E-state index in [1.54, 1.807) is 34.8 Å². The molecule has 6 nitrogen and oxygen atoms in total. The van der Waals surface area contributed by atoms with Crippen molar-refractivity contribution in [2.75, 3.05) is 13.2 Å². The highest BCUT2D eigenvalue weighted by atomic mass is 32.1. The maximum atomic E-state index is 9.39. The zero-order valence-electron chi connectivity index (χ0n) is 28.4. The SMILES string of the molecule is [C-]#[N+]/C(C#N)=C\c1cc(OCCC)c(-c2cc3sc4c(c3s2)C2(CCCCC2)c2c-4sc3cc(-c4sc(C=C(C#N)C#N)cc4OCCC)sc23)s1. The summed E-state index contributed by atoms with van der Waals surface area (Å²) in [7, 11) is 0. The number of fused-ring (bicyclic) bond motifs is 9. The number of thiophene rings is 6. The minimum atomic E-state index is -0.0226. The fourth-order valence-electron chi connectivity index (χ4n) is 7.34. The van der Waals surface area contributed by atoms with Crippen LogP contribution in [-0.4, -0.2) is 13.2 Å². The number of nitriles is 3. The van der Waals surface area contributed by atoms with Gasteiger partial charge >= 0.3 is 0 Å². The van der Waals surface area contributed by atoms with Gasteiger partial charge in [0, 0.05) is 35.7 Å². The molecule has 2 aliphatic rings. The summed E-state index contributed by atoms with van der Waals surface area (Å²) in [5, 5.41) is 28.2. The standard InChI is InChI=1S/C40H30N4O2S6/c1-4-11-45-26-15-24(13-22(19-41)20-42)47-34(26)28-17-30-36(49-28)32-38(51-30)39-33(40(32)9-7-6-8-10-40)37-31(52-39)18-29(50-37)35-27(46-12-5-2)16-25(48-35)14-23(21-43)44-3/h13-18H,4-12H2,1-2H3/b23-14-. The first-order valence-corrected chi connectivity index (χ1v) is 22.0. The van der Waals surface area contributed by atoms with Crippen molar-refractivity contribution >= 4 is 99.0 Å². The van der Waals surface area contributed by atoms with Crippen molar-refractivity contribution in [1.29, 1.82) is 15.8 Å². The van der Waals surface area contributed by atoms with E-state index in [9.17, 15) is 15.8 Å². The fourth-order valence-corrected chi connectivity index (χ4v) is 15.4. The Labute approximate surface area is 326 Å². The third-order valence-corrected chi connectivity index (χ3v) is 16.9. The van der Waals surface area contributed by atoms with Gasteiger partial charge in [-0.15, -0.1) is 68.0 Å². The molecule has 0 saturated heterocycles. The molecular formula is C40H30N4O2S6. The summed E-state index contributed by atoms with van der Waals surface area (Å²) in [6.07, 6.45) is 11.0. The molecule has 0 unspecified atom stereocenters. The molecule has 2 aliphatic carbocycles. The van der Waals surface area contributed by atoms with Crippen LogP contribution in [0.5, 0.6) is 11.5 Å². The van der Waals surface area contributed by atoms with Crippen molar-refractivity contribution in [1.82, 2.24) is 0 Å². The topological polar surface area (TPSA) is 94.2 Å². The first-order valence-electron chi connectivity index (χ1n) is 17.1. The normalized spacial score (nSPS) is 14.5. The van der Waals surface area contributed by atoms with Crippen molar-refractivity contribution < 1.29 is 9.47 Å². The van der Waals surface area contributed by atoms with Gasteiger partial charge in [-0.05, 0) is 62.1 Å². The van der Waals surface area contributed by atoms with E-state index in [0.29, 0.717) is 13.2 Å². The average molecular weight is 791 g/mol. The van der Waals surface area contributed by atoms with E-state index in [2.05, 4.69) is 30.8 Å². The minimum Gasteiger partial charge on any atom is -0.492 e. The maximum Gasteiger partial charge on any atom is 0.263 e. The lowest BCUT2D eigenvalue weighted by atomic mass is 9.68. The molecule has 0 atom stereocenters. The van der Waals surface area contributed by atoms with E-state index in [-0.39, 0.29) is 16.7 Å². The largest absolute Gasteiger partial charge is 0.492 e. The summed E-state index contributed by atoms with van der Waals surface area (Å²) in [6, 6.07) is 14.6. The molecule has 6 aromatic rings. The molecule has 6 heterocycles. The molecule has 1 saturated carbocycles. The Morgan fingerprint density at radius 2 is 1.23 bits per heavy atom. The molecule has 8 rings (SSSR count). The predicted octanol–water partition coefficient (Wildman–Crippen LogP) is 13.7. The van der Waals surface area contributed by atoms with E-state index in [0.717, 1.165) is 56.7 Å². The van der Waals surface area contributed by atoms with Crippen LogP contribution in [0.25, 0.3) is 65.1 Å².